The van der Waals surface area contributed by atoms with Crippen molar-refractivity contribution in [1.82, 2.24) is 9.78 Å². The number of aryl methyl sites for hydroxylation is 1. The molecule has 1 aromatic carbocycles. The van der Waals surface area contributed by atoms with E-state index in [9.17, 15) is 4.79 Å². The monoisotopic (exact) mass is 275 g/mol. The molecule has 0 saturated heterocycles. The van der Waals surface area contributed by atoms with Gasteiger partial charge in [0.15, 0.2) is 0 Å². The standard InChI is InChI=1S/C14H14ClN3O/c15-11-5-7-12(8-6-11)17-14(19)18-13-4-2-1-3-10(13)9-16-18/h5-9H,1-4H2,(H,17,19). The third-order valence-corrected chi connectivity index (χ3v) is 3.60. The zero-order valence-corrected chi connectivity index (χ0v) is 11.2. The molecule has 0 spiro atoms. The van der Waals surface area contributed by atoms with Gasteiger partial charge in [-0.1, -0.05) is 11.6 Å². The number of amides is 1. The molecule has 1 N–H and O–H groups in total. The van der Waals surface area contributed by atoms with Crippen LogP contribution in [0, 0.1) is 0 Å². The molecule has 4 nitrogen and oxygen atoms in total. The Bertz CT molecular complexity index is 604. The largest absolute Gasteiger partial charge is 0.346 e. The lowest BCUT2D eigenvalue weighted by molar-refractivity contribution is 0.250. The minimum atomic E-state index is -0.217. The average Bonchev–Trinajstić information content (AvgIpc) is 2.85. The summed E-state index contributed by atoms with van der Waals surface area (Å²) in [5, 5.41) is 7.66. The summed E-state index contributed by atoms with van der Waals surface area (Å²) < 4.78 is 1.48. The van der Waals surface area contributed by atoms with Gasteiger partial charge in [0, 0.05) is 10.7 Å². The van der Waals surface area contributed by atoms with Gasteiger partial charge in [-0.25, -0.2) is 4.79 Å². The Hall–Kier alpha value is -1.81. The molecule has 5 heteroatoms. The van der Waals surface area contributed by atoms with E-state index in [2.05, 4.69) is 10.4 Å². The molecular formula is C14H14ClN3O. The van der Waals surface area contributed by atoms with Crippen LogP contribution in [0.4, 0.5) is 10.5 Å². The second-order valence-electron chi connectivity index (χ2n) is 4.67. The SMILES string of the molecule is O=C(Nc1ccc(Cl)cc1)n1ncc2c1CCCC2. The maximum atomic E-state index is 12.2. The normalized spacial score (nSPS) is 13.9. The van der Waals surface area contributed by atoms with Crippen LogP contribution in [0.2, 0.25) is 5.02 Å². The van der Waals surface area contributed by atoms with E-state index in [1.165, 1.54) is 16.7 Å². The van der Waals surface area contributed by atoms with Crippen LogP contribution in [0.1, 0.15) is 24.1 Å². The molecule has 19 heavy (non-hydrogen) atoms. The molecule has 1 heterocycles. The number of carbonyl (C=O) groups is 1. The molecule has 1 amide bonds. The lowest BCUT2D eigenvalue weighted by Gasteiger charge is -2.13. The molecule has 0 aliphatic heterocycles. The van der Waals surface area contributed by atoms with Crippen LogP contribution < -0.4 is 5.32 Å². The highest BCUT2D eigenvalue weighted by atomic mass is 35.5. The number of benzene rings is 1. The van der Waals surface area contributed by atoms with Gasteiger partial charge in [0.25, 0.3) is 0 Å². The van der Waals surface area contributed by atoms with E-state index >= 15 is 0 Å². The maximum Gasteiger partial charge on any atom is 0.346 e. The third-order valence-electron chi connectivity index (χ3n) is 3.35. The van der Waals surface area contributed by atoms with Crippen LogP contribution >= 0.6 is 11.6 Å². The number of carbonyl (C=O) groups excluding carboxylic acids is 1. The fourth-order valence-corrected chi connectivity index (χ4v) is 2.50. The topological polar surface area (TPSA) is 46.9 Å². The highest BCUT2D eigenvalue weighted by Gasteiger charge is 2.18. The summed E-state index contributed by atoms with van der Waals surface area (Å²) in [5.41, 5.74) is 2.95. The van der Waals surface area contributed by atoms with Crippen molar-refractivity contribution in [3.05, 3.63) is 46.7 Å². The molecule has 98 valence electrons. The predicted molar refractivity (Wildman–Crippen MR) is 74.7 cm³/mol. The van der Waals surface area contributed by atoms with Crippen molar-refractivity contribution in [2.45, 2.75) is 25.7 Å². The van der Waals surface area contributed by atoms with Crippen LogP contribution in [0.5, 0.6) is 0 Å². The van der Waals surface area contributed by atoms with Crippen molar-refractivity contribution in [1.29, 1.82) is 0 Å². The molecule has 0 unspecified atom stereocenters. The highest BCUT2D eigenvalue weighted by molar-refractivity contribution is 6.30. The lowest BCUT2D eigenvalue weighted by Crippen LogP contribution is -2.23. The number of hydrogen-bond acceptors (Lipinski definition) is 2. The fourth-order valence-electron chi connectivity index (χ4n) is 2.38. The Balaban J connectivity index is 1.80. The number of nitrogens with one attached hydrogen (secondary N) is 1. The molecule has 0 radical (unpaired) electrons. The first-order valence-corrected chi connectivity index (χ1v) is 6.74. The lowest BCUT2D eigenvalue weighted by atomic mass is 9.98. The molecule has 0 atom stereocenters. The molecule has 0 fully saturated rings. The first kappa shape index (κ1) is 12.2. The second kappa shape index (κ2) is 5.05. The average molecular weight is 276 g/mol. The van der Waals surface area contributed by atoms with E-state index in [0.29, 0.717) is 5.02 Å². The van der Waals surface area contributed by atoms with E-state index in [1.807, 2.05) is 0 Å². The molecule has 1 aliphatic rings. The number of aromatic nitrogens is 2. The molecular weight excluding hydrogens is 262 g/mol. The van der Waals surface area contributed by atoms with Gasteiger partial charge in [-0.05, 0) is 55.5 Å². The zero-order chi connectivity index (χ0) is 13.2. The van der Waals surface area contributed by atoms with E-state index in [0.717, 1.165) is 30.6 Å². The predicted octanol–water partition coefficient (Wildman–Crippen LogP) is 3.50. The van der Waals surface area contributed by atoms with Crippen molar-refractivity contribution in [2.24, 2.45) is 0 Å². The van der Waals surface area contributed by atoms with Crippen LogP contribution in [0.15, 0.2) is 30.5 Å². The number of hydrogen-bond donors (Lipinski definition) is 1. The third kappa shape index (κ3) is 2.49. The smallest absolute Gasteiger partial charge is 0.306 e. The Morgan fingerprint density at radius 2 is 1.95 bits per heavy atom. The number of halogens is 1. The van der Waals surface area contributed by atoms with Crippen molar-refractivity contribution < 1.29 is 4.79 Å². The van der Waals surface area contributed by atoms with Crippen molar-refractivity contribution in [2.75, 3.05) is 5.32 Å². The van der Waals surface area contributed by atoms with Crippen LogP contribution in [0.3, 0.4) is 0 Å². The molecule has 1 aliphatic carbocycles. The quantitative estimate of drug-likeness (QED) is 0.866. The summed E-state index contributed by atoms with van der Waals surface area (Å²) in [6.07, 6.45) is 6.03. The van der Waals surface area contributed by atoms with Crippen LogP contribution in [0.25, 0.3) is 0 Å². The van der Waals surface area contributed by atoms with Gasteiger partial charge < -0.3 is 5.32 Å². The van der Waals surface area contributed by atoms with Crippen molar-refractivity contribution >= 4 is 23.3 Å². The van der Waals surface area contributed by atoms with E-state index in [4.69, 9.17) is 11.6 Å². The van der Waals surface area contributed by atoms with Gasteiger partial charge >= 0.3 is 6.03 Å². The number of fused-ring (bicyclic) bond motifs is 1. The Morgan fingerprint density at radius 1 is 1.21 bits per heavy atom. The van der Waals surface area contributed by atoms with Gasteiger partial charge in [-0.15, -0.1) is 0 Å². The molecule has 0 bridgehead atoms. The number of anilines is 1. The summed E-state index contributed by atoms with van der Waals surface area (Å²) >= 11 is 5.81. The van der Waals surface area contributed by atoms with E-state index < -0.39 is 0 Å². The molecule has 1 aromatic heterocycles. The highest BCUT2D eigenvalue weighted by Crippen LogP contribution is 2.21. The summed E-state index contributed by atoms with van der Waals surface area (Å²) in [6.45, 7) is 0. The first-order valence-electron chi connectivity index (χ1n) is 6.37. The zero-order valence-electron chi connectivity index (χ0n) is 10.4. The molecule has 0 saturated carbocycles. The van der Waals surface area contributed by atoms with Gasteiger partial charge in [0.05, 0.1) is 11.9 Å². The summed E-state index contributed by atoms with van der Waals surface area (Å²) in [5.74, 6) is 0. The number of rotatable bonds is 1. The number of nitrogens with zero attached hydrogens (tertiary/aromatic N) is 2. The Morgan fingerprint density at radius 3 is 2.74 bits per heavy atom. The van der Waals surface area contributed by atoms with E-state index in [-0.39, 0.29) is 6.03 Å². The first-order chi connectivity index (χ1) is 9.24. The minimum absolute atomic E-state index is 0.217. The van der Waals surface area contributed by atoms with Gasteiger partial charge in [0.2, 0.25) is 0 Å². The Labute approximate surface area is 116 Å². The van der Waals surface area contributed by atoms with Crippen molar-refractivity contribution in [3.8, 4) is 0 Å². The van der Waals surface area contributed by atoms with Crippen molar-refractivity contribution in [3.63, 3.8) is 0 Å². The van der Waals surface area contributed by atoms with Crippen LogP contribution in [-0.4, -0.2) is 15.8 Å². The molecule has 3 rings (SSSR count). The summed E-state index contributed by atoms with van der Waals surface area (Å²) in [6, 6.07) is 6.82. The maximum absolute atomic E-state index is 12.2. The van der Waals surface area contributed by atoms with Gasteiger partial charge in [0.1, 0.15) is 0 Å². The van der Waals surface area contributed by atoms with Crippen LogP contribution in [-0.2, 0) is 12.8 Å². The summed E-state index contributed by atoms with van der Waals surface area (Å²) in [7, 11) is 0. The molecule has 2 aromatic rings. The fraction of sp³-hybridized carbons (Fsp3) is 0.286. The second-order valence-corrected chi connectivity index (χ2v) is 5.11. The Kier molecular flexibility index (Phi) is 3.25. The van der Waals surface area contributed by atoms with Gasteiger partial charge in [-0.2, -0.15) is 9.78 Å². The van der Waals surface area contributed by atoms with Gasteiger partial charge in [-0.3, -0.25) is 0 Å². The van der Waals surface area contributed by atoms with E-state index in [1.54, 1.807) is 30.5 Å². The minimum Gasteiger partial charge on any atom is -0.306 e. The summed E-state index contributed by atoms with van der Waals surface area (Å²) in [4.78, 5) is 12.2.